The number of hydrogen-bond donors (Lipinski definition) is 1. The molecule has 0 bridgehead atoms. The molecule has 1 aromatic heterocycles. The molecule has 0 unspecified atom stereocenters. The molecule has 0 aliphatic rings. The molecular formula is C18H20ClNO6. The smallest absolute Gasteiger partial charge is 0.338 e. The highest BCUT2D eigenvalue weighted by Gasteiger charge is 2.16. The van der Waals surface area contributed by atoms with Crippen molar-refractivity contribution in [2.24, 2.45) is 0 Å². The third-order valence-electron chi connectivity index (χ3n) is 3.11. The first-order chi connectivity index (χ1) is 12.2. The van der Waals surface area contributed by atoms with E-state index < -0.39 is 17.5 Å². The highest BCUT2D eigenvalue weighted by atomic mass is 35.5. The number of ether oxygens (including phenoxy) is 3. The van der Waals surface area contributed by atoms with E-state index in [-0.39, 0.29) is 30.5 Å². The van der Waals surface area contributed by atoms with Crippen molar-refractivity contribution in [2.75, 3.05) is 19.8 Å². The van der Waals surface area contributed by atoms with Crippen molar-refractivity contribution in [3.05, 3.63) is 35.0 Å². The van der Waals surface area contributed by atoms with E-state index in [9.17, 15) is 9.59 Å². The van der Waals surface area contributed by atoms with Crippen molar-refractivity contribution < 1.29 is 28.9 Å². The third-order valence-corrected chi connectivity index (χ3v) is 3.39. The largest absolute Gasteiger partial charge is 0.491 e. The third kappa shape index (κ3) is 5.86. The van der Waals surface area contributed by atoms with Gasteiger partial charge in [-0.2, -0.15) is 0 Å². The van der Waals surface area contributed by atoms with Crippen LogP contribution in [0.1, 0.15) is 31.1 Å². The SMILES string of the molecule is CC(C)(C)OC(=O)COCCOc1ccc2nc(Cl)c(C(=O)O)cc2c1. The van der Waals surface area contributed by atoms with Crippen LogP contribution in [0.25, 0.3) is 10.9 Å². The Kier molecular flexibility index (Phi) is 6.39. The van der Waals surface area contributed by atoms with Crippen LogP contribution in [0.4, 0.5) is 0 Å². The number of carbonyl (C=O) groups is 2. The van der Waals surface area contributed by atoms with Crippen LogP contribution in [0.3, 0.4) is 0 Å². The molecule has 0 aliphatic heterocycles. The molecule has 7 nitrogen and oxygen atoms in total. The second-order valence-corrected chi connectivity index (χ2v) is 6.83. The lowest BCUT2D eigenvalue weighted by atomic mass is 10.1. The van der Waals surface area contributed by atoms with Gasteiger partial charge in [-0.15, -0.1) is 0 Å². The van der Waals surface area contributed by atoms with E-state index in [4.69, 9.17) is 30.9 Å². The topological polar surface area (TPSA) is 95.0 Å². The fourth-order valence-electron chi connectivity index (χ4n) is 2.12. The maximum Gasteiger partial charge on any atom is 0.338 e. The normalized spacial score (nSPS) is 11.4. The Morgan fingerprint density at radius 1 is 1.19 bits per heavy atom. The Morgan fingerprint density at radius 3 is 2.58 bits per heavy atom. The van der Waals surface area contributed by atoms with Crippen molar-refractivity contribution in [3.8, 4) is 5.75 Å². The highest BCUT2D eigenvalue weighted by molar-refractivity contribution is 6.32. The van der Waals surface area contributed by atoms with Gasteiger partial charge >= 0.3 is 11.9 Å². The van der Waals surface area contributed by atoms with Crippen molar-refractivity contribution >= 4 is 34.4 Å². The van der Waals surface area contributed by atoms with E-state index in [1.807, 2.05) is 0 Å². The lowest BCUT2D eigenvalue weighted by Crippen LogP contribution is -2.27. The zero-order chi connectivity index (χ0) is 19.3. The molecule has 8 heteroatoms. The van der Waals surface area contributed by atoms with Crippen molar-refractivity contribution in [2.45, 2.75) is 26.4 Å². The Hall–Kier alpha value is -2.38. The molecule has 0 aliphatic carbocycles. The number of carboxylic acid groups (broad SMARTS) is 1. The molecule has 0 radical (unpaired) electrons. The minimum Gasteiger partial charge on any atom is -0.491 e. The van der Waals surface area contributed by atoms with Crippen molar-refractivity contribution in [3.63, 3.8) is 0 Å². The number of rotatable bonds is 7. The van der Waals surface area contributed by atoms with Gasteiger partial charge in [0.25, 0.3) is 0 Å². The Bertz CT molecular complexity index is 815. The molecular weight excluding hydrogens is 362 g/mol. The van der Waals surface area contributed by atoms with Gasteiger partial charge in [0.05, 0.1) is 17.7 Å². The van der Waals surface area contributed by atoms with E-state index in [1.54, 1.807) is 39.0 Å². The predicted molar refractivity (Wildman–Crippen MR) is 95.9 cm³/mol. The van der Waals surface area contributed by atoms with Crippen LogP contribution in [-0.4, -0.2) is 47.5 Å². The number of carboxylic acids is 1. The maximum atomic E-state index is 11.5. The summed E-state index contributed by atoms with van der Waals surface area (Å²) in [7, 11) is 0. The van der Waals surface area contributed by atoms with Gasteiger partial charge in [-0.25, -0.2) is 14.6 Å². The molecule has 1 aromatic carbocycles. The zero-order valence-corrected chi connectivity index (χ0v) is 15.5. The number of halogens is 1. The molecule has 0 saturated carbocycles. The summed E-state index contributed by atoms with van der Waals surface area (Å²) in [4.78, 5) is 26.7. The van der Waals surface area contributed by atoms with E-state index in [0.717, 1.165) is 0 Å². The maximum absolute atomic E-state index is 11.5. The van der Waals surface area contributed by atoms with Crippen LogP contribution in [0.2, 0.25) is 5.15 Å². The molecule has 140 valence electrons. The van der Waals surface area contributed by atoms with Gasteiger partial charge in [0.2, 0.25) is 0 Å². The van der Waals surface area contributed by atoms with Gasteiger partial charge in [0, 0.05) is 5.39 Å². The van der Waals surface area contributed by atoms with Crippen LogP contribution in [0, 0.1) is 0 Å². The van der Waals surface area contributed by atoms with E-state index in [2.05, 4.69) is 4.98 Å². The average Bonchev–Trinajstić information content (AvgIpc) is 2.52. The van der Waals surface area contributed by atoms with Crippen LogP contribution < -0.4 is 4.74 Å². The number of fused-ring (bicyclic) bond motifs is 1. The molecule has 1 N–H and O–H groups in total. The number of nitrogens with zero attached hydrogens (tertiary/aromatic N) is 1. The first-order valence-corrected chi connectivity index (χ1v) is 8.29. The van der Waals surface area contributed by atoms with Crippen LogP contribution >= 0.6 is 11.6 Å². The average molecular weight is 382 g/mol. The number of aromatic nitrogens is 1. The molecule has 0 saturated heterocycles. The van der Waals surface area contributed by atoms with Crippen LogP contribution in [0.15, 0.2) is 24.3 Å². The molecule has 1 heterocycles. The first kappa shape index (κ1) is 19.9. The quantitative estimate of drug-likeness (QED) is 0.446. The van der Waals surface area contributed by atoms with Crippen LogP contribution in [-0.2, 0) is 14.3 Å². The van der Waals surface area contributed by atoms with Gasteiger partial charge in [-0.3, -0.25) is 0 Å². The Labute approximate surface area is 155 Å². The summed E-state index contributed by atoms with van der Waals surface area (Å²) in [5.41, 5.74) is -0.0566. The van der Waals surface area contributed by atoms with Gasteiger partial charge < -0.3 is 19.3 Å². The van der Waals surface area contributed by atoms with E-state index in [1.165, 1.54) is 6.07 Å². The van der Waals surface area contributed by atoms with Crippen molar-refractivity contribution in [1.82, 2.24) is 4.98 Å². The lowest BCUT2D eigenvalue weighted by Gasteiger charge is -2.19. The first-order valence-electron chi connectivity index (χ1n) is 7.92. The summed E-state index contributed by atoms with van der Waals surface area (Å²) in [5.74, 6) is -1.06. The molecule has 0 amide bonds. The minimum absolute atomic E-state index is 0.0609. The van der Waals surface area contributed by atoms with Crippen LogP contribution in [0.5, 0.6) is 5.75 Å². The summed E-state index contributed by atoms with van der Waals surface area (Å²) in [6.07, 6.45) is 0. The summed E-state index contributed by atoms with van der Waals surface area (Å²) < 4.78 is 15.9. The number of esters is 1. The summed E-state index contributed by atoms with van der Waals surface area (Å²) in [5, 5.41) is 9.64. The molecule has 26 heavy (non-hydrogen) atoms. The molecule has 0 fully saturated rings. The summed E-state index contributed by atoms with van der Waals surface area (Å²) in [6.45, 7) is 5.63. The summed E-state index contributed by atoms with van der Waals surface area (Å²) in [6, 6.07) is 6.49. The molecule has 2 aromatic rings. The Morgan fingerprint density at radius 2 is 1.92 bits per heavy atom. The fourth-order valence-corrected chi connectivity index (χ4v) is 2.34. The van der Waals surface area contributed by atoms with E-state index >= 15 is 0 Å². The fraction of sp³-hybridized carbons (Fsp3) is 0.389. The van der Waals surface area contributed by atoms with Gasteiger partial charge in [0.15, 0.2) is 0 Å². The zero-order valence-electron chi connectivity index (χ0n) is 14.7. The standard InChI is InChI=1S/C18H20ClNO6/c1-18(2,3)26-15(21)10-24-6-7-25-12-4-5-14-11(8-12)9-13(17(22)23)16(19)20-14/h4-5,8-9H,6-7,10H2,1-3H3,(H,22,23). The molecule has 0 atom stereocenters. The number of carbonyl (C=O) groups excluding carboxylic acids is 1. The molecule has 2 rings (SSSR count). The van der Waals surface area contributed by atoms with Gasteiger partial charge in [-0.05, 0) is 45.0 Å². The highest BCUT2D eigenvalue weighted by Crippen LogP contribution is 2.24. The predicted octanol–water partition coefficient (Wildman–Crippen LogP) is 3.32. The lowest BCUT2D eigenvalue weighted by molar-refractivity contribution is -0.160. The number of benzene rings is 1. The van der Waals surface area contributed by atoms with Gasteiger partial charge in [-0.1, -0.05) is 11.6 Å². The second kappa shape index (κ2) is 8.33. The minimum atomic E-state index is -1.15. The Balaban J connectivity index is 1.88. The van der Waals surface area contributed by atoms with Crippen molar-refractivity contribution in [1.29, 1.82) is 0 Å². The number of hydrogen-bond acceptors (Lipinski definition) is 6. The number of pyridine rings is 1. The summed E-state index contributed by atoms with van der Waals surface area (Å²) >= 11 is 5.84. The monoisotopic (exact) mass is 381 g/mol. The number of aromatic carboxylic acids is 1. The second-order valence-electron chi connectivity index (χ2n) is 6.47. The molecule has 0 spiro atoms. The van der Waals surface area contributed by atoms with E-state index in [0.29, 0.717) is 16.7 Å². The van der Waals surface area contributed by atoms with Gasteiger partial charge in [0.1, 0.15) is 29.7 Å².